The highest BCUT2D eigenvalue weighted by atomic mass is 79.9. The first-order valence-electron chi connectivity index (χ1n) is 5.99. The summed E-state index contributed by atoms with van der Waals surface area (Å²) in [5.41, 5.74) is 8.05. The van der Waals surface area contributed by atoms with Gasteiger partial charge in [0.2, 0.25) is 0 Å². The standard InChI is InChI=1S/C15H15Br2NO/c1-10(18)11-6-7-15(14(17)8-11)19-9-12-4-2-3-5-13(12)16/h2-8,10H,9,18H2,1H3. The van der Waals surface area contributed by atoms with Crippen LogP contribution in [0.4, 0.5) is 0 Å². The predicted octanol–water partition coefficient (Wildman–Crippen LogP) is 4.81. The number of nitrogens with two attached hydrogens (primary N) is 1. The summed E-state index contributed by atoms with van der Waals surface area (Å²) in [6.45, 7) is 2.49. The number of benzene rings is 2. The van der Waals surface area contributed by atoms with Crippen molar-refractivity contribution in [2.24, 2.45) is 5.73 Å². The highest BCUT2D eigenvalue weighted by Gasteiger charge is 2.06. The maximum absolute atomic E-state index is 5.85. The van der Waals surface area contributed by atoms with Gasteiger partial charge in [-0.05, 0) is 46.6 Å². The second kappa shape index (κ2) is 6.55. The van der Waals surface area contributed by atoms with Crippen molar-refractivity contribution in [1.82, 2.24) is 0 Å². The van der Waals surface area contributed by atoms with Gasteiger partial charge in [0.1, 0.15) is 12.4 Å². The Labute approximate surface area is 130 Å². The number of rotatable bonds is 4. The van der Waals surface area contributed by atoms with Gasteiger partial charge in [-0.1, -0.05) is 40.2 Å². The van der Waals surface area contributed by atoms with Crippen LogP contribution in [0.3, 0.4) is 0 Å². The third kappa shape index (κ3) is 3.81. The van der Waals surface area contributed by atoms with Gasteiger partial charge >= 0.3 is 0 Å². The minimum atomic E-state index is 0.0219. The molecule has 0 bridgehead atoms. The Kier molecular flexibility index (Phi) is 5.02. The van der Waals surface area contributed by atoms with Crippen molar-refractivity contribution < 1.29 is 4.74 Å². The van der Waals surface area contributed by atoms with Gasteiger partial charge in [0.05, 0.1) is 4.47 Å². The molecule has 19 heavy (non-hydrogen) atoms. The second-order valence-corrected chi connectivity index (χ2v) is 6.07. The van der Waals surface area contributed by atoms with E-state index >= 15 is 0 Å². The van der Waals surface area contributed by atoms with E-state index in [0.29, 0.717) is 6.61 Å². The first-order chi connectivity index (χ1) is 9.08. The molecular weight excluding hydrogens is 370 g/mol. The molecule has 0 aliphatic carbocycles. The Morgan fingerprint density at radius 1 is 1.11 bits per heavy atom. The summed E-state index contributed by atoms with van der Waals surface area (Å²) in [6, 6.07) is 14.0. The molecule has 2 aromatic rings. The fourth-order valence-electron chi connectivity index (χ4n) is 1.69. The topological polar surface area (TPSA) is 35.2 Å². The first kappa shape index (κ1) is 14.6. The summed E-state index contributed by atoms with van der Waals surface area (Å²) in [5, 5.41) is 0. The maximum Gasteiger partial charge on any atom is 0.134 e. The molecule has 2 aromatic carbocycles. The molecule has 0 aliphatic rings. The van der Waals surface area contributed by atoms with E-state index in [1.54, 1.807) is 0 Å². The highest BCUT2D eigenvalue weighted by Crippen LogP contribution is 2.29. The fraction of sp³-hybridized carbons (Fsp3) is 0.200. The summed E-state index contributed by atoms with van der Waals surface area (Å²) in [4.78, 5) is 0. The van der Waals surface area contributed by atoms with Gasteiger partial charge in [-0.2, -0.15) is 0 Å². The van der Waals surface area contributed by atoms with Crippen molar-refractivity contribution in [3.05, 3.63) is 62.5 Å². The van der Waals surface area contributed by atoms with Gasteiger partial charge in [0.25, 0.3) is 0 Å². The fourth-order valence-corrected chi connectivity index (χ4v) is 2.60. The van der Waals surface area contributed by atoms with E-state index in [2.05, 4.69) is 31.9 Å². The minimum Gasteiger partial charge on any atom is -0.488 e. The molecule has 0 saturated heterocycles. The van der Waals surface area contributed by atoms with Crippen LogP contribution in [0.1, 0.15) is 24.1 Å². The van der Waals surface area contributed by atoms with Crippen LogP contribution in [0, 0.1) is 0 Å². The van der Waals surface area contributed by atoms with Crippen molar-refractivity contribution in [2.75, 3.05) is 0 Å². The summed E-state index contributed by atoms with van der Waals surface area (Å²) in [7, 11) is 0. The summed E-state index contributed by atoms with van der Waals surface area (Å²) in [6.07, 6.45) is 0. The summed E-state index contributed by atoms with van der Waals surface area (Å²) in [5.74, 6) is 0.820. The van der Waals surface area contributed by atoms with Crippen LogP contribution in [-0.4, -0.2) is 0 Å². The maximum atomic E-state index is 5.85. The molecule has 0 amide bonds. The zero-order valence-electron chi connectivity index (χ0n) is 10.6. The number of hydrogen-bond donors (Lipinski definition) is 1. The average molecular weight is 385 g/mol. The molecule has 0 radical (unpaired) electrons. The Morgan fingerprint density at radius 2 is 1.84 bits per heavy atom. The molecule has 2 rings (SSSR count). The van der Waals surface area contributed by atoms with E-state index in [4.69, 9.17) is 10.5 Å². The van der Waals surface area contributed by atoms with Gasteiger partial charge in [-0.15, -0.1) is 0 Å². The average Bonchev–Trinajstić information content (AvgIpc) is 2.39. The van der Waals surface area contributed by atoms with Crippen molar-refractivity contribution in [2.45, 2.75) is 19.6 Å². The molecule has 0 aromatic heterocycles. The van der Waals surface area contributed by atoms with E-state index in [0.717, 1.165) is 25.8 Å². The molecule has 0 heterocycles. The molecule has 0 aliphatic heterocycles. The smallest absolute Gasteiger partial charge is 0.134 e. The van der Waals surface area contributed by atoms with E-state index in [9.17, 15) is 0 Å². The lowest BCUT2D eigenvalue weighted by molar-refractivity contribution is 0.303. The Bertz CT molecular complexity index is 570. The Morgan fingerprint density at radius 3 is 2.47 bits per heavy atom. The molecular formula is C15H15Br2NO. The Balaban J connectivity index is 2.10. The van der Waals surface area contributed by atoms with Gasteiger partial charge in [-0.3, -0.25) is 0 Å². The first-order valence-corrected chi connectivity index (χ1v) is 7.58. The van der Waals surface area contributed by atoms with E-state index in [1.165, 1.54) is 0 Å². The highest BCUT2D eigenvalue weighted by molar-refractivity contribution is 9.10. The molecule has 1 atom stereocenters. The van der Waals surface area contributed by atoms with E-state index < -0.39 is 0 Å². The van der Waals surface area contributed by atoms with Gasteiger partial charge < -0.3 is 10.5 Å². The van der Waals surface area contributed by atoms with Crippen molar-refractivity contribution in [3.8, 4) is 5.75 Å². The van der Waals surface area contributed by atoms with Gasteiger partial charge in [0.15, 0.2) is 0 Å². The monoisotopic (exact) mass is 383 g/mol. The quantitative estimate of drug-likeness (QED) is 0.820. The predicted molar refractivity (Wildman–Crippen MR) is 85.2 cm³/mol. The zero-order valence-corrected chi connectivity index (χ0v) is 13.7. The molecule has 2 N–H and O–H groups in total. The van der Waals surface area contributed by atoms with Gasteiger partial charge in [0, 0.05) is 16.1 Å². The van der Waals surface area contributed by atoms with Crippen molar-refractivity contribution >= 4 is 31.9 Å². The third-order valence-electron chi connectivity index (χ3n) is 2.82. The number of halogens is 2. The third-order valence-corrected chi connectivity index (χ3v) is 4.22. The lowest BCUT2D eigenvalue weighted by Gasteiger charge is -2.12. The number of ether oxygens (including phenoxy) is 1. The Hall–Kier alpha value is -0.840. The van der Waals surface area contributed by atoms with Crippen LogP contribution in [0.15, 0.2) is 51.4 Å². The minimum absolute atomic E-state index is 0.0219. The molecule has 100 valence electrons. The second-order valence-electron chi connectivity index (χ2n) is 4.36. The van der Waals surface area contributed by atoms with Crippen molar-refractivity contribution in [3.63, 3.8) is 0 Å². The van der Waals surface area contributed by atoms with Crippen LogP contribution >= 0.6 is 31.9 Å². The lowest BCUT2D eigenvalue weighted by atomic mass is 10.1. The molecule has 2 nitrogen and oxygen atoms in total. The van der Waals surface area contributed by atoms with E-state index in [1.807, 2.05) is 49.4 Å². The van der Waals surface area contributed by atoms with Crippen LogP contribution in [0.5, 0.6) is 5.75 Å². The number of hydrogen-bond acceptors (Lipinski definition) is 2. The normalized spacial score (nSPS) is 12.2. The SMILES string of the molecule is CC(N)c1ccc(OCc2ccccc2Br)c(Br)c1. The largest absolute Gasteiger partial charge is 0.488 e. The van der Waals surface area contributed by atoms with E-state index in [-0.39, 0.29) is 6.04 Å². The van der Waals surface area contributed by atoms with Crippen LogP contribution in [-0.2, 0) is 6.61 Å². The van der Waals surface area contributed by atoms with Gasteiger partial charge in [-0.25, -0.2) is 0 Å². The molecule has 1 unspecified atom stereocenters. The zero-order chi connectivity index (χ0) is 13.8. The molecule has 4 heteroatoms. The van der Waals surface area contributed by atoms with Crippen LogP contribution < -0.4 is 10.5 Å². The molecule has 0 spiro atoms. The van der Waals surface area contributed by atoms with Crippen molar-refractivity contribution in [1.29, 1.82) is 0 Å². The van der Waals surface area contributed by atoms with Crippen LogP contribution in [0.25, 0.3) is 0 Å². The summed E-state index contributed by atoms with van der Waals surface area (Å²) >= 11 is 7.03. The molecule has 0 saturated carbocycles. The summed E-state index contributed by atoms with van der Waals surface area (Å²) < 4.78 is 7.80. The molecule has 0 fully saturated rings. The lowest BCUT2D eigenvalue weighted by Crippen LogP contribution is -2.05. The van der Waals surface area contributed by atoms with Crippen LogP contribution in [0.2, 0.25) is 0 Å².